The molecule has 1 amide bonds. The first-order valence-electron chi connectivity index (χ1n) is 8.26. The number of rotatable bonds is 4. The number of carbonyl (C=O) groups is 1. The Balaban J connectivity index is 2.35. The average molecular weight is 330 g/mol. The second-order valence-electron chi connectivity index (χ2n) is 7.40. The van der Waals surface area contributed by atoms with Gasteiger partial charge in [-0.15, -0.1) is 0 Å². The summed E-state index contributed by atoms with van der Waals surface area (Å²) in [6.07, 6.45) is 2.01. The van der Waals surface area contributed by atoms with E-state index in [0.717, 1.165) is 22.4 Å². The van der Waals surface area contributed by atoms with Crippen LogP contribution in [0.3, 0.4) is 0 Å². The summed E-state index contributed by atoms with van der Waals surface area (Å²) in [6, 6.07) is 4.01. The third-order valence-electron chi connectivity index (χ3n) is 4.55. The van der Waals surface area contributed by atoms with Crippen LogP contribution in [-0.4, -0.2) is 35.8 Å². The van der Waals surface area contributed by atoms with Crippen molar-refractivity contribution in [3.8, 4) is 0 Å². The van der Waals surface area contributed by atoms with Crippen molar-refractivity contribution < 1.29 is 14.1 Å². The van der Waals surface area contributed by atoms with Gasteiger partial charge in [0.2, 0.25) is 5.91 Å². The van der Waals surface area contributed by atoms with Crippen molar-refractivity contribution in [2.24, 2.45) is 0 Å². The average Bonchev–Trinajstić information content (AvgIpc) is 2.62. The van der Waals surface area contributed by atoms with Crippen LogP contribution in [0, 0.1) is 13.8 Å². The fourth-order valence-electron chi connectivity index (χ4n) is 2.59. The van der Waals surface area contributed by atoms with Gasteiger partial charge in [0.25, 0.3) is 0 Å². The van der Waals surface area contributed by atoms with Crippen LogP contribution >= 0.6 is 0 Å². The number of carbonyl (C=O) groups excluding carboxylic acids is 1. The molecule has 0 radical (unpaired) electrons. The second-order valence-corrected chi connectivity index (χ2v) is 7.40. The lowest BCUT2D eigenvalue weighted by atomic mass is 9.77. The molecule has 1 saturated heterocycles. The van der Waals surface area contributed by atoms with Crippen LogP contribution in [0.1, 0.15) is 51.6 Å². The van der Waals surface area contributed by atoms with E-state index in [0.29, 0.717) is 6.54 Å². The quantitative estimate of drug-likeness (QED) is 0.863. The van der Waals surface area contributed by atoms with Gasteiger partial charge in [-0.2, -0.15) is 0 Å². The number of nitrogens with one attached hydrogen (secondary N) is 1. The lowest BCUT2D eigenvalue weighted by molar-refractivity contribution is -0.118. The molecule has 2 rings (SSSR count). The Bertz CT molecular complexity index is 632. The van der Waals surface area contributed by atoms with Gasteiger partial charge in [-0.1, -0.05) is 6.08 Å². The van der Waals surface area contributed by atoms with Crippen LogP contribution in [-0.2, 0) is 14.1 Å². The van der Waals surface area contributed by atoms with Gasteiger partial charge in [-0.05, 0) is 64.7 Å². The van der Waals surface area contributed by atoms with Gasteiger partial charge in [-0.25, -0.2) is 0 Å². The Hall–Kier alpha value is -1.66. The Morgan fingerprint density at radius 3 is 2.12 bits per heavy atom. The van der Waals surface area contributed by atoms with E-state index >= 15 is 0 Å². The van der Waals surface area contributed by atoms with Crippen LogP contribution in [0.2, 0.25) is 0 Å². The summed E-state index contributed by atoms with van der Waals surface area (Å²) in [4.78, 5) is 15.7. The fraction of sp³-hybridized carbons (Fsp3) is 0.556. The fourth-order valence-corrected chi connectivity index (χ4v) is 2.59. The van der Waals surface area contributed by atoms with E-state index in [-0.39, 0.29) is 5.91 Å². The van der Waals surface area contributed by atoms with Crippen molar-refractivity contribution in [3.63, 3.8) is 0 Å². The lowest BCUT2D eigenvalue weighted by Crippen LogP contribution is -2.41. The number of amides is 1. The first-order valence-corrected chi connectivity index (χ1v) is 8.26. The maximum atomic E-state index is 11.3. The van der Waals surface area contributed by atoms with Gasteiger partial charge >= 0.3 is 7.12 Å². The highest BCUT2D eigenvalue weighted by Crippen LogP contribution is 2.38. The van der Waals surface area contributed by atoms with Crippen molar-refractivity contribution in [1.29, 1.82) is 0 Å². The Morgan fingerprint density at radius 1 is 1.17 bits per heavy atom. The van der Waals surface area contributed by atoms with Crippen molar-refractivity contribution in [1.82, 2.24) is 10.3 Å². The number of aromatic nitrogens is 1. The number of hydrogen-bond donors (Lipinski definition) is 1. The summed E-state index contributed by atoms with van der Waals surface area (Å²) in [5, 5.41) is 2.84. The normalized spacial score (nSPS) is 19.5. The molecular formula is C18H27BN2O3. The van der Waals surface area contributed by atoms with Crippen LogP contribution in [0.5, 0.6) is 0 Å². The van der Waals surface area contributed by atoms with Gasteiger partial charge in [0.1, 0.15) is 0 Å². The SMILES string of the molecule is CC(=O)NCC(=Cc1cc(C)nc(C)c1)B1OC(C)(C)C(C)(C)O1. The van der Waals surface area contributed by atoms with Gasteiger partial charge in [0, 0.05) is 24.9 Å². The van der Waals surface area contributed by atoms with Gasteiger partial charge < -0.3 is 14.6 Å². The number of pyridine rings is 1. The highest BCUT2D eigenvalue weighted by atomic mass is 16.7. The maximum absolute atomic E-state index is 11.3. The molecule has 0 aliphatic carbocycles. The molecule has 1 aromatic heterocycles. The lowest BCUT2D eigenvalue weighted by Gasteiger charge is -2.32. The summed E-state index contributed by atoms with van der Waals surface area (Å²) >= 11 is 0. The van der Waals surface area contributed by atoms with E-state index in [1.165, 1.54) is 6.92 Å². The van der Waals surface area contributed by atoms with E-state index in [2.05, 4.69) is 10.3 Å². The highest BCUT2D eigenvalue weighted by molar-refractivity contribution is 6.56. The molecule has 6 heteroatoms. The Kier molecular flexibility index (Phi) is 5.21. The molecule has 1 aliphatic rings. The van der Waals surface area contributed by atoms with Gasteiger partial charge in [0.15, 0.2) is 0 Å². The molecule has 0 saturated carbocycles. The van der Waals surface area contributed by atoms with E-state index < -0.39 is 18.3 Å². The number of hydrogen-bond acceptors (Lipinski definition) is 4. The smallest absolute Gasteiger partial charge is 0.400 e. The number of nitrogens with zero attached hydrogens (tertiary/aromatic N) is 1. The van der Waals surface area contributed by atoms with Gasteiger partial charge in [0.05, 0.1) is 11.2 Å². The monoisotopic (exact) mass is 330 g/mol. The van der Waals surface area contributed by atoms with Crippen LogP contribution in [0.4, 0.5) is 0 Å². The van der Waals surface area contributed by atoms with Crippen molar-refractivity contribution >= 4 is 19.1 Å². The summed E-state index contributed by atoms with van der Waals surface area (Å²) in [6.45, 7) is 13.9. The number of aryl methyl sites for hydroxylation is 2. The zero-order valence-electron chi connectivity index (χ0n) is 15.7. The minimum atomic E-state index is -0.490. The zero-order chi connectivity index (χ0) is 18.1. The maximum Gasteiger partial charge on any atom is 0.492 e. The molecule has 1 fully saturated rings. The molecule has 0 bridgehead atoms. The van der Waals surface area contributed by atoms with Crippen molar-refractivity contribution in [2.45, 2.75) is 59.7 Å². The molecule has 0 aromatic carbocycles. The molecule has 0 atom stereocenters. The molecule has 0 unspecified atom stereocenters. The van der Waals surface area contributed by atoms with E-state index in [1.54, 1.807) is 0 Å². The molecule has 1 N–H and O–H groups in total. The molecule has 1 aliphatic heterocycles. The standard InChI is InChI=1S/C18H27BN2O3/c1-12-8-15(9-13(2)21-12)10-16(11-20-14(3)22)19-23-17(4,5)18(6,7)24-19/h8-10H,11H2,1-7H3,(H,20,22). The largest absolute Gasteiger partial charge is 0.492 e. The van der Waals surface area contributed by atoms with Crippen LogP contribution in [0.25, 0.3) is 6.08 Å². The predicted octanol–water partition coefficient (Wildman–Crippen LogP) is 2.85. The first-order chi connectivity index (χ1) is 11.0. The van der Waals surface area contributed by atoms with E-state index in [9.17, 15) is 4.79 Å². The summed E-state index contributed by atoms with van der Waals surface area (Å²) < 4.78 is 12.3. The van der Waals surface area contributed by atoms with Crippen molar-refractivity contribution in [2.75, 3.05) is 6.54 Å². The molecule has 130 valence electrons. The molecule has 5 nitrogen and oxygen atoms in total. The topological polar surface area (TPSA) is 60.5 Å². The highest BCUT2D eigenvalue weighted by Gasteiger charge is 2.52. The first kappa shape index (κ1) is 18.7. The minimum Gasteiger partial charge on any atom is -0.400 e. The van der Waals surface area contributed by atoms with E-state index in [1.807, 2.05) is 59.8 Å². The van der Waals surface area contributed by atoms with Crippen molar-refractivity contribution in [3.05, 3.63) is 34.6 Å². The molecule has 2 heterocycles. The molecule has 0 spiro atoms. The summed E-state index contributed by atoms with van der Waals surface area (Å²) in [5.74, 6) is -0.0838. The predicted molar refractivity (Wildman–Crippen MR) is 96.5 cm³/mol. The summed E-state index contributed by atoms with van der Waals surface area (Å²) in [5.41, 5.74) is 2.97. The molecule has 1 aromatic rings. The Morgan fingerprint density at radius 2 is 1.67 bits per heavy atom. The second kappa shape index (κ2) is 6.69. The third-order valence-corrected chi connectivity index (χ3v) is 4.55. The van der Waals surface area contributed by atoms with E-state index in [4.69, 9.17) is 9.31 Å². The molecular weight excluding hydrogens is 303 g/mol. The Labute approximate surface area is 145 Å². The van der Waals surface area contributed by atoms with Crippen LogP contribution < -0.4 is 5.32 Å². The van der Waals surface area contributed by atoms with Crippen LogP contribution in [0.15, 0.2) is 17.6 Å². The zero-order valence-corrected chi connectivity index (χ0v) is 15.7. The minimum absolute atomic E-state index is 0.0838. The molecule has 24 heavy (non-hydrogen) atoms. The third kappa shape index (κ3) is 4.25. The van der Waals surface area contributed by atoms with Gasteiger partial charge in [-0.3, -0.25) is 9.78 Å². The summed E-state index contributed by atoms with van der Waals surface area (Å²) in [7, 11) is -0.490.